The number of anilines is 2. The number of likely N-dealkylation sites (tertiary alicyclic amines) is 1. The van der Waals surface area contributed by atoms with Crippen LogP contribution in [-0.4, -0.2) is 74.2 Å². The number of piperidine rings is 1. The lowest BCUT2D eigenvalue weighted by molar-refractivity contribution is -0.132. The summed E-state index contributed by atoms with van der Waals surface area (Å²) < 4.78 is 18.7. The summed E-state index contributed by atoms with van der Waals surface area (Å²) in [7, 11) is 0. The quantitative estimate of drug-likeness (QED) is 0.423. The molecule has 200 valence electrons. The van der Waals surface area contributed by atoms with Crippen molar-refractivity contribution >= 4 is 34.6 Å². The molecular weight excluding hydrogens is 497 g/mol. The van der Waals surface area contributed by atoms with Crippen LogP contribution in [0.3, 0.4) is 0 Å². The first-order chi connectivity index (χ1) is 18.0. The van der Waals surface area contributed by atoms with Crippen molar-refractivity contribution in [1.29, 1.82) is 0 Å². The Balaban J connectivity index is 1.18. The van der Waals surface area contributed by atoms with Gasteiger partial charge in [-0.25, -0.2) is 4.39 Å². The van der Waals surface area contributed by atoms with Crippen LogP contribution in [0.15, 0.2) is 41.6 Å². The number of ether oxygens (including phenoxy) is 1. The molecule has 0 atom stereocenters. The number of nitrogens with one attached hydrogen (secondary N) is 1. The van der Waals surface area contributed by atoms with Crippen molar-refractivity contribution < 1.29 is 13.9 Å². The van der Waals surface area contributed by atoms with Crippen molar-refractivity contribution in [3.8, 4) is 5.75 Å². The number of carbonyl (C=O) groups is 1. The van der Waals surface area contributed by atoms with Gasteiger partial charge in [0.15, 0.2) is 5.75 Å². The molecule has 37 heavy (non-hydrogen) atoms. The topological polar surface area (TPSA) is 77.5 Å². The summed E-state index contributed by atoms with van der Waals surface area (Å²) >= 11 is 6.04. The molecule has 8 nitrogen and oxygen atoms in total. The van der Waals surface area contributed by atoms with Crippen molar-refractivity contribution in [1.82, 2.24) is 9.80 Å². The van der Waals surface area contributed by atoms with E-state index in [1.54, 1.807) is 12.1 Å². The molecule has 2 aromatic carbocycles. The molecule has 2 aliphatic rings. The molecule has 0 saturated carbocycles. The maximum Gasteiger partial charge on any atom is 0.223 e. The lowest BCUT2D eigenvalue weighted by atomic mass is 10.0. The van der Waals surface area contributed by atoms with Crippen molar-refractivity contribution in [2.45, 2.75) is 38.9 Å². The Morgan fingerprint density at radius 1 is 1.11 bits per heavy atom. The largest absolute Gasteiger partial charge is 0.491 e. The van der Waals surface area contributed by atoms with E-state index in [0.29, 0.717) is 35.1 Å². The van der Waals surface area contributed by atoms with Crippen molar-refractivity contribution in [3.63, 3.8) is 0 Å². The molecule has 4 rings (SSSR count). The summed E-state index contributed by atoms with van der Waals surface area (Å²) in [6, 6.07) is 11.1. The van der Waals surface area contributed by atoms with Gasteiger partial charge in [-0.1, -0.05) is 11.6 Å². The average molecular weight is 532 g/mol. The van der Waals surface area contributed by atoms with E-state index < -0.39 is 6.67 Å². The third-order valence-corrected chi connectivity index (χ3v) is 7.50. The van der Waals surface area contributed by atoms with Crippen molar-refractivity contribution in [3.05, 3.63) is 51.9 Å². The molecule has 2 aromatic rings. The van der Waals surface area contributed by atoms with E-state index in [1.807, 2.05) is 36.1 Å². The number of alkyl halides is 1. The Morgan fingerprint density at radius 3 is 2.54 bits per heavy atom. The Bertz CT molecular complexity index is 1070. The van der Waals surface area contributed by atoms with Crippen LogP contribution in [0.1, 0.15) is 31.7 Å². The number of carbonyl (C=O) groups excluding carboxylic acids is 1. The van der Waals surface area contributed by atoms with Crippen LogP contribution in [0, 0.1) is 4.91 Å². The van der Waals surface area contributed by atoms with Crippen LogP contribution in [0.25, 0.3) is 0 Å². The highest BCUT2D eigenvalue weighted by Crippen LogP contribution is 2.31. The summed E-state index contributed by atoms with van der Waals surface area (Å²) in [4.78, 5) is 30.3. The second-order valence-corrected chi connectivity index (χ2v) is 9.90. The van der Waals surface area contributed by atoms with Crippen LogP contribution in [0.5, 0.6) is 5.75 Å². The number of hydrogen-bond acceptors (Lipinski definition) is 7. The van der Waals surface area contributed by atoms with Gasteiger partial charge >= 0.3 is 0 Å². The fourth-order valence-corrected chi connectivity index (χ4v) is 5.13. The highest BCUT2D eigenvalue weighted by molar-refractivity contribution is 6.31. The number of amides is 1. The number of piperazine rings is 1. The van der Waals surface area contributed by atoms with Crippen molar-refractivity contribution in [2.75, 3.05) is 62.6 Å². The molecule has 0 spiro atoms. The Hall–Kier alpha value is -2.91. The van der Waals surface area contributed by atoms with Gasteiger partial charge in [0, 0.05) is 86.3 Å². The summed E-state index contributed by atoms with van der Waals surface area (Å²) in [6.45, 7) is 7.39. The lowest BCUT2D eigenvalue weighted by Crippen LogP contribution is -2.48. The van der Waals surface area contributed by atoms with Gasteiger partial charge in [0.1, 0.15) is 12.4 Å². The second kappa shape index (κ2) is 13.1. The minimum atomic E-state index is -0.566. The minimum Gasteiger partial charge on any atom is -0.491 e. The molecule has 0 bridgehead atoms. The molecule has 2 heterocycles. The molecule has 0 unspecified atom stereocenters. The number of benzene rings is 2. The molecule has 0 radical (unpaired) electrons. The lowest BCUT2D eigenvalue weighted by Gasteiger charge is -2.37. The smallest absolute Gasteiger partial charge is 0.223 e. The zero-order valence-electron chi connectivity index (χ0n) is 21.3. The van der Waals surface area contributed by atoms with E-state index in [-0.39, 0.29) is 11.9 Å². The Kier molecular flexibility index (Phi) is 9.57. The normalized spacial score (nSPS) is 17.1. The molecule has 2 saturated heterocycles. The monoisotopic (exact) mass is 531 g/mol. The van der Waals surface area contributed by atoms with Gasteiger partial charge in [0.05, 0.1) is 6.61 Å². The highest BCUT2D eigenvalue weighted by atomic mass is 35.5. The van der Waals surface area contributed by atoms with E-state index in [1.165, 1.54) is 0 Å². The van der Waals surface area contributed by atoms with Crippen LogP contribution >= 0.6 is 11.6 Å². The summed E-state index contributed by atoms with van der Waals surface area (Å²) in [5.74, 6) is 0.680. The zero-order chi connectivity index (χ0) is 26.2. The molecule has 10 heteroatoms. The molecule has 1 N–H and O–H groups in total. The first kappa shape index (κ1) is 27.1. The third-order valence-electron chi connectivity index (χ3n) is 7.13. The molecule has 0 aliphatic carbocycles. The van der Waals surface area contributed by atoms with E-state index >= 15 is 0 Å². The molecule has 2 aliphatic heterocycles. The summed E-state index contributed by atoms with van der Waals surface area (Å²) in [5, 5.41) is 6.98. The molecule has 1 amide bonds. The van der Waals surface area contributed by atoms with Gasteiger partial charge < -0.3 is 19.9 Å². The van der Waals surface area contributed by atoms with Gasteiger partial charge in [0.2, 0.25) is 5.91 Å². The average Bonchev–Trinajstić information content (AvgIpc) is 2.93. The molecule has 2 fully saturated rings. The predicted molar refractivity (Wildman–Crippen MR) is 146 cm³/mol. The van der Waals surface area contributed by atoms with E-state index in [4.69, 9.17) is 16.3 Å². The SMILES string of the molecule is CCOc1cc(NC2CCN(C(=O)CCN3CCN(c4ccc(Cl)c(CF)c4)CC3)CC2)ccc1N=O. The minimum absolute atomic E-state index is 0.200. The number of rotatable bonds is 10. The number of hydrogen-bond donors (Lipinski definition) is 1. The van der Waals surface area contributed by atoms with Gasteiger partial charge in [-0.05, 0) is 55.3 Å². The zero-order valence-corrected chi connectivity index (χ0v) is 22.1. The van der Waals surface area contributed by atoms with Gasteiger partial charge in [-0.3, -0.25) is 9.69 Å². The van der Waals surface area contributed by atoms with Crippen LogP contribution < -0.4 is 15.0 Å². The van der Waals surface area contributed by atoms with Gasteiger partial charge in [-0.2, -0.15) is 0 Å². The third kappa shape index (κ3) is 7.11. The highest BCUT2D eigenvalue weighted by Gasteiger charge is 2.24. The Morgan fingerprint density at radius 2 is 1.86 bits per heavy atom. The first-order valence-electron chi connectivity index (χ1n) is 13.0. The van der Waals surface area contributed by atoms with Crippen molar-refractivity contribution in [2.24, 2.45) is 5.18 Å². The van der Waals surface area contributed by atoms with Crippen LogP contribution in [0.2, 0.25) is 5.02 Å². The Labute approximate surface area is 222 Å². The summed E-state index contributed by atoms with van der Waals surface area (Å²) in [6.07, 6.45) is 2.25. The second-order valence-electron chi connectivity index (χ2n) is 9.49. The van der Waals surface area contributed by atoms with Crippen LogP contribution in [0.4, 0.5) is 21.5 Å². The predicted octanol–water partition coefficient (Wildman–Crippen LogP) is 5.22. The van der Waals surface area contributed by atoms with E-state index in [0.717, 1.165) is 70.0 Å². The van der Waals surface area contributed by atoms with Gasteiger partial charge in [0.25, 0.3) is 0 Å². The van der Waals surface area contributed by atoms with Gasteiger partial charge in [-0.15, -0.1) is 4.91 Å². The number of nitroso groups, excluding NO2 is 1. The van der Waals surface area contributed by atoms with E-state index in [2.05, 4.69) is 20.3 Å². The van der Waals surface area contributed by atoms with Crippen LogP contribution in [-0.2, 0) is 11.5 Å². The first-order valence-corrected chi connectivity index (χ1v) is 13.3. The number of nitrogens with zero attached hydrogens (tertiary/aromatic N) is 4. The summed E-state index contributed by atoms with van der Waals surface area (Å²) in [5.41, 5.74) is 2.70. The maximum atomic E-state index is 13.1. The fourth-order valence-electron chi connectivity index (χ4n) is 4.96. The standard InChI is InChI=1S/C27H35ClFN5O3/c1-2-37-26-18-22(3-6-25(26)31-36)30-21-7-11-34(12-8-21)27(35)9-10-32-13-15-33(16-14-32)23-4-5-24(28)20(17-23)19-29/h3-6,17-18,21,30H,2,7-16,19H2,1H3. The molecule has 0 aromatic heterocycles. The molecular formula is C27H35ClFN5O3. The number of halogens is 2. The fraction of sp³-hybridized carbons (Fsp3) is 0.519. The maximum absolute atomic E-state index is 13.1. The van der Waals surface area contributed by atoms with E-state index in [9.17, 15) is 14.1 Å².